The number of amides is 1. The molecule has 0 saturated carbocycles. The first kappa shape index (κ1) is 12.9. The zero-order valence-corrected chi connectivity index (χ0v) is 9.64. The van der Waals surface area contributed by atoms with Crippen LogP contribution in [0.3, 0.4) is 0 Å². The fraction of sp³-hybridized carbons (Fsp3) is 0.308. The third-order valence-electron chi connectivity index (χ3n) is 2.33. The van der Waals surface area contributed by atoms with Crippen LogP contribution in [-0.2, 0) is 9.59 Å². The van der Waals surface area contributed by atoms with Crippen LogP contribution >= 0.6 is 0 Å². The Bertz CT molecular complexity index is 432. The summed E-state index contributed by atoms with van der Waals surface area (Å²) >= 11 is 0. The van der Waals surface area contributed by atoms with Gasteiger partial charge in [-0.3, -0.25) is 4.79 Å². The molecule has 0 fully saturated rings. The Balaban J connectivity index is 2.50. The topological polar surface area (TPSA) is 70.0 Å². The van der Waals surface area contributed by atoms with E-state index in [0.717, 1.165) is 6.29 Å². The Labute approximate surface area is 100 Å². The molecule has 1 atom stereocenters. The first-order valence-electron chi connectivity index (χ1n) is 5.39. The van der Waals surface area contributed by atoms with Gasteiger partial charge in [0.2, 0.25) is 5.91 Å². The van der Waals surface area contributed by atoms with Crippen molar-refractivity contribution in [2.45, 2.75) is 19.8 Å². The molecule has 0 aliphatic rings. The predicted octanol–water partition coefficient (Wildman–Crippen LogP) is 2.11. The van der Waals surface area contributed by atoms with Gasteiger partial charge in [0.15, 0.2) is 0 Å². The number of rotatable bonds is 5. The Morgan fingerprint density at radius 2 is 2.12 bits per heavy atom. The number of hydrogen-bond donors (Lipinski definition) is 1. The van der Waals surface area contributed by atoms with Crippen LogP contribution in [0.25, 0.3) is 0 Å². The maximum Gasteiger partial charge on any atom is 0.224 e. The van der Waals surface area contributed by atoms with Gasteiger partial charge >= 0.3 is 0 Å². The van der Waals surface area contributed by atoms with Crippen LogP contribution in [0.4, 0.5) is 5.69 Å². The molecule has 88 valence electrons. The minimum absolute atomic E-state index is 0.0471. The molecule has 0 saturated heterocycles. The van der Waals surface area contributed by atoms with E-state index in [4.69, 9.17) is 5.26 Å². The van der Waals surface area contributed by atoms with Gasteiger partial charge in [-0.1, -0.05) is 6.92 Å². The fourth-order valence-corrected chi connectivity index (χ4v) is 1.40. The zero-order valence-electron chi connectivity index (χ0n) is 9.64. The molecule has 0 aromatic heterocycles. The number of hydrogen-bond acceptors (Lipinski definition) is 3. The lowest BCUT2D eigenvalue weighted by Gasteiger charge is -2.08. The molecule has 4 heteroatoms. The van der Waals surface area contributed by atoms with Crippen LogP contribution in [0.15, 0.2) is 24.3 Å². The molecule has 1 aromatic carbocycles. The molecule has 0 bridgehead atoms. The number of carbonyl (C=O) groups excluding carboxylic acids is 2. The van der Waals surface area contributed by atoms with Crippen LogP contribution in [0, 0.1) is 17.2 Å². The summed E-state index contributed by atoms with van der Waals surface area (Å²) in [4.78, 5) is 21.8. The van der Waals surface area contributed by atoms with E-state index in [1.807, 2.05) is 13.0 Å². The molecule has 0 heterocycles. The largest absolute Gasteiger partial charge is 0.326 e. The third kappa shape index (κ3) is 4.47. The van der Waals surface area contributed by atoms with Crippen molar-refractivity contribution in [2.75, 3.05) is 5.32 Å². The van der Waals surface area contributed by atoms with Gasteiger partial charge in [-0.25, -0.2) is 0 Å². The molecule has 0 aliphatic heterocycles. The number of aldehydes is 1. The summed E-state index contributed by atoms with van der Waals surface area (Å²) in [6.45, 7) is 1.85. The van der Waals surface area contributed by atoms with Gasteiger partial charge in [0, 0.05) is 18.5 Å². The number of nitriles is 1. The Hall–Kier alpha value is -2.15. The lowest BCUT2D eigenvalue weighted by molar-refractivity contribution is -0.117. The Kier molecular flexibility index (Phi) is 4.89. The smallest absolute Gasteiger partial charge is 0.224 e. The molecular weight excluding hydrogens is 216 g/mol. The first-order valence-corrected chi connectivity index (χ1v) is 5.39. The van der Waals surface area contributed by atoms with Crippen LogP contribution < -0.4 is 5.32 Å². The number of nitrogens with one attached hydrogen (secondary N) is 1. The van der Waals surface area contributed by atoms with Crippen molar-refractivity contribution < 1.29 is 9.59 Å². The monoisotopic (exact) mass is 230 g/mol. The lowest BCUT2D eigenvalue weighted by atomic mass is 10.0. The van der Waals surface area contributed by atoms with Crippen molar-refractivity contribution in [3.05, 3.63) is 29.8 Å². The highest BCUT2D eigenvalue weighted by atomic mass is 16.1. The number of nitrogens with zero attached hydrogens (tertiary/aromatic N) is 1. The molecule has 0 unspecified atom stereocenters. The predicted molar refractivity (Wildman–Crippen MR) is 64.2 cm³/mol. The highest BCUT2D eigenvalue weighted by molar-refractivity contribution is 5.90. The number of benzene rings is 1. The lowest BCUT2D eigenvalue weighted by Crippen LogP contribution is -2.15. The van der Waals surface area contributed by atoms with E-state index in [1.54, 1.807) is 24.3 Å². The highest BCUT2D eigenvalue weighted by Crippen LogP contribution is 2.11. The van der Waals surface area contributed by atoms with Gasteiger partial charge in [0.05, 0.1) is 11.6 Å². The van der Waals surface area contributed by atoms with Gasteiger partial charge in [-0.05, 0) is 30.2 Å². The Morgan fingerprint density at radius 3 is 2.65 bits per heavy atom. The van der Waals surface area contributed by atoms with E-state index in [2.05, 4.69) is 5.32 Å². The van der Waals surface area contributed by atoms with Crippen molar-refractivity contribution in [1.29, 1.82) is 5.26 Å². The van der Waals surface area contributed by atoms with Crippen molar-refractivity contribution in [1.82, 2.24) is 0 Å². The quantitative estimate of drug-likeness (QED) is 0.787. The average Bonchev–Trinajstić information content (AvgIpc) is 2.30. The van der Waals surface area contributed by atoms with E-state index >= 15 is 0 Å². The minimum Gasteiger partial charge on any atom is -0.326 e. The maximum atomic E-state index is 11.6. The van der Waals surface area contributed by atoms with Crippen LogP contribution in [0.5, 0.6) is 0 Å². The summed E-state index contributed by atoms with van der Waals surface area (Å²) in [6.07, 6.45) is 1.53. The van der Waals surface area contributed by atoms with E-state index < -0.39 is 0 Å². The molecule has 1 aromatic rings. The molecule has 0 aliphatic carbocycles. The summed E-state index contributed by atoms with van der Waals surface area (Å²) in [5, 5.41) is 11.3. The molecule has 1 rings (SSSR count). The van der Waals surface area contributed by atoms with Gasteiger partial charge in [-0.2, -0.15) is 5.26 Å². The second-order valence-corrected chi connectivity index (χ2v) is 3.95. The molecular formula is C13H14N2O2. The summed E-state index contributed by atoms with van der Waals surface area (Å²) in [7, 11) is 0. The van der Waals surface area contributed by atoms with Crippen LogP contribution in [0.1, 0.15) is 25.3 Å². The normalized spacial score (nSPS) is 11.3. The van der Waals surface area contributed by atoms with E-state index in [1.165, 1.54) is 0 Å². The maximum absolute atomic E-state index is 11.6. The molecule has 0 spiro atoms. The van der Waals surface area contributed by atoms with Gasteiger partial charge in [0.1, 0.15) is 6.29 Å². The first-order chi connectivity index (χ1) is 8.15. The van der Waals surface area contributed by atoms with E-state index in [0.29, 0.717) is 24.1 Å². The van der Waals surface area contributed by atoms with Crippen molar-refractivity contribution >= 4 is 17.9 Å². The number of anilines is 1. The summed E-state index contributed by atoms with van der Waals surface area (Å²) in [5.41, 5.74) is 1.21. The molecule has 1 amide bonds. The second kappa shape index (κ2) is 6.44. The fourth-order valence-electron chi connectivity index (χ4n) is 1.40. The van der Waals surface area contributed by atoms with Crippen molar-refractivity contribution in [2.24, 2.45) is 5.92 Å². The minimum atomic E-state index is -0.121. The van der Waals surface area contributed by atoms with Crippen molar-refractivity contribution in [3.8, 4) is 6.07 Å². The molecule has 17 heavy (non-hydrogen) atoms. The SMILES string of the molecule is C[C@@H](CC=O)CC(=O)Nc1ccc(C#N)cc1. The standard InChI is InChI=1S/C13H14N2O2/c1-10(6-7-16)8-13(17)15-12-4-2-11(9-14)3-5-12/h2-5,7,10H,6,8H2,1H3,(H,15,17)/t10-/m0/s1. The van der Waals surface area contributed by atoms with Gasteiger partial charge < -0.3 is 10.1 Å². The van der Waals surface area contributed by atoms with Crippen LogP contribution in [-0.4, -0.2) is 12.2 Å². The van der Waals surface area contributed by atoms with E-state index in [9.17, 15) is 9.59 Å². The Morgan fingerprint density at radius 1 is 1.47 bits per heavy atom. The third-order valence-corrected chi connectivity index (χ3v) is 2.33. The van der Waals surface area contributed by atoms with Gasteiger partial charge in [-0.15, -0.1) is 0 Å². The molecule has 4 nitrogen and oxygen atoms in total. The average molecular weight is 230 g/mol. The van der Waals surface area contributed by atoms with E-state index in [-0.39, 0.29) is 11.8 Å². The zero-order chi connectivity index (χ0) is 12.7. The molecule has 1 N–H and O–H groups in total. The summed E-state index contributed by atoms with van der Waals surface area (Å²) in [6, 6.07) is 8.65. The summed E-state index contributed by atoms with van der Waals surface area (Å²) in [5.74, 6) is -0.0741. The number of carbonyl (C=O) groups is 2. The summed E-state index contributed by atoms with van der Waals surface area (Å²) < 4.78 is 0. The van der Waals surface area contributed by atoms with Gasteiger partial charge in [0.25, 0.3) is 0 Å². The highest BCUT2D eigenvalue weighted by Gasteiger charge is 2.08. The van der Waals surface area contributed by atoms with Crippen molar-refractivity contribution in [3.63, 3.8) is 0 Å². The van der Waals surface area contributed by atoms with Crippen LogP contribution in [0.2, 0.25) is 0 Å². The second-order valence-electron chi connectivity index (χ2n) is 3.95. The molecule has 0 radical (unpaired) electrons.